The van der Waals surface area contributed by atoms with Crippen molar-refractivity contribution in [2.45, 2.75) is 87.8 Å². The molecule has 15 heteroatoms. The first kappa shape index (κ1) is 33.2. The normalized spacial score (nSPS) is 11.2. The fourth-order valence-electron chi connectivity index (χ4n) is 4.35. The van der Waals surface area contributed by atoms with Crippen molar-refractivity contribution in [3.63, 3.8) is 0 Å². The fourth-order valence-corrected chi connectivity index (χ4v) is 5.65. The number of nitroso groups, excluding NO2 is 2. The van der Waals surface area contributed by atoms with Crippen molar-refractivity contribution in [3.8, 4) is 0 Å². The van der Waals surface area contributed by atoms with Crippen LogP contribution < -0.4 is 10.0 Å². The first-order valence-electron chi connectivity index (χ1n) is 13.7. The van der Waals surface area contributed by atoms with Crippen molar-refractivity contribution in [1.82, 2.24) is 0 Å². The minimum atomic E-state index is -4.47. The SMILES string of the molecule is CCCCCCCN(N=O)c1ccc(S(=O)(=O)c2ccc(N(CCCCCCC)N=O)c([N+](=O)[O-])c2)cc1[N+](=O)[O-]. The molecule has 0 saturated heterocycles. The number of nitro groups is 2. The van der Waals surface area contributed by atoms with E-state index >= 15 is 0 Å². The van der Waals surface area contributed by atoms with Gasteiger partial charge in [-0.2, -0.15) is 0 Å². The number of hydrogen-bond donors (Lipinski definition) is 0. The maximum absolute atomic E-state index is 13.4. The van der Waals surface area contributed by atoms with Gasteiger partial charge in [0.15, 0.2) is 0 Å². The van der Waals surface area contributed by atoms with Crippen LogP contribution in [0.4, 0.5) is 22.7 Å². The van der Waals surface area contributed by atoms with Gasteiger partial charge in [-0.3, -0.25) is 20.2 Å². The molecular weight excluding hydrogens is 556 g/mol. The van der Waals surface area contributed by atoms with Gasteiger partial charge in [-0.1, -0.05) is 65.2 Å². The molecule has 41 heavy (non-hydrogen) atoms. The average Bonchev–Trinajstić information content (AvgIpc) is 2.96. The monoisotopic (exact) mass is 592 g/mol. The molecule has 0 fully saturated rings. The Labute approximate surface area is 238 Å². The Morgan fingerprint density at radius 2 is 1.02 bits per heavy atom. The molecule has 0 aliphatic rings. The molecule has 0 radical (unpaired) electrons. The van der Waals surface area contributed by atoms with Gasteiger partial charge in [-0.15, -0.1) is 9.81 Å². The van der Waals surface area contributed by atoms with Crippen LogP contribution in [0.5, 0.6) is 0 Å². The Morgan fingerprint density at radius 3 is 1.34 bits per heavy atom. The van der Waals surface area contributed by atoms with Crippen molar-refractivity contribution in [2.24, 2.45) is 10.6 Å². The predicted molar refractivity (Wildman–Crippen MR) is 155 cm³/mol. The number of unbranched alkanes of at least 4 members (excludes halogenated alkanes) is 8. The molecule has 0 unspecified atom stereocenters. The highest BCUT2D eigenvalue weighted by Crippen LogP contribution is 2.36. The van der Waals surface area contributed by atoms with Gasteiger partial charge >= 0.3 is 0 Å². The lowest BCUT2D eigenvalue weighted by molar-refractivity contribution is -0.384. The summed E-state index contributed by atoms with van der Waals surface area (Å²) >= 11 is 0. The van der Waals surface area contributed by atoms with Crippen LogP contribution in [0.3, 0.4) is 0 Å². The van der Waals surface area contributed by atoms with Crippen LogP contribution >= 0.6 is 0 Å². The summed E-state index contributed by atoms with van der Waals surface area (Å²) in [5.74, 6) is 0. The summed E-state index contributed by atoms with van der Waals surface area (Å²) in [5, 5.41) is 31.2. The number of rotatable bonds is 20. The number of sulfone groups is 1. The van der Waals surface area contributed by atoms with Gasteiger partial charge in [0.25, 0.3) is 11.4 Å². The highest BCUT2D eigenvalue weighted by atomic mass is 32.2. The van der Waals surface area contributed by atoms with E-state index in [9.17, 15) is 38.5 Å². The van der Waals surface area contributed by atoms with Gasteiger partial charge in [-0.25, -0.2) is 18.4 Å². The smallest absolute Gasteiger partial charge is 0.258 e. The van der Waals surface area contributed by atoms with E-state index in [2.05, 4.69) is 24.4 Å². The van der Waals surface area contributed by atoms with Crippen LogP contribution in [0.1, 0.15) is 78.1 Å². The maximum Gasteiger partial charge on any atom is 0.295 e. The second-order valence-corrected chi connectivity index (χ2v) is 11.5. The summed E-state index contributed by atoms with van der Waals surface area (Å²) in [6, 6.07) is 6.02. The van der Waals surface area contributed by atoms with Gasteiger partial charge in [0.2, 0.25) is 9.84 Å². The molecule has 224 valence electrons. The summed E-state index contributed by atoms with van der Waals surface area (Å²) in [4.78, 5) is 43.9. The van der Waals surface area contributed by atoms with E-state index in [4.69, 9.17) is 0 Å². The van der Waals surface area contributed by atoms with E-state index in [0.29, 0.717) is 12.8 Å². The van der Waals surface area contributed by atoms with E-state index in [1.165, 1.54) is 0 Å². The topological polar surface area (TPSA) is 186 Å². The highest BCUT2D eigenvalue weighted by molar-refractivity contribution is 7.91. The van der Waals surface area contributed by atoms with E-state index < -0.39 is 40.8 Å². The van der Waals surface area contributed by atoms with E-state index in [1.807, 2.05) is 0 Å². The van der Waals surface area contributed by atoms with Crippen LogP contribution in [-0.2, 0) is 9.84 Å². The van der Waals surface area contributed by atoms with Crippen molar-refractivity contribution >= 4 is 32.6 Å². The minimum Gasteiger partial charge on any atom is -0.258 e. The quantitative estimate of drug-likeness (QED) is 0.0655. The Balaban J connectivity index is 2.39. The van der Waals surface area contributed by atoms with Crippen LogP contribution in [0.2, 0.25) is 0 Å². The third-order valence-electron chi connectivity index (χ3n) is 6.61. The van der Waals surface area contributed by atoms with Gasteiger partial charge in [0.05, 0.1) is 30.2 Å². The van der Waals surface area contributed by atoms with Gasteiger partial charge in [-0.05, 0) is 37.1 Å². The molecule has 0 heterocycles. The first-order chi connectivity index (χ1) is 19.6. The zero-order valence-corrected chi connectivity index (χ0v) is 24.1. The van der Waals surface area contributed by atoms with Gasteiger partial charge in [0, 0.05) is 25.2 Å². The molecular formula is C26H36N6O8S. The molecule has 0 bridgehead atoms. The summed E-state index contributed by atoms with van der Waals surface area (Å²) in [6.07, 6.45) is 8.67. The molecule has 0 spiro atoms. The lowest BCUT2D eigenvalue weighted by Crippen LogP contribution is -2.19. The number of benzene rings is 2. The summed E-state index contributed by atoms with van der Waals surface area (Å²) < 4.78 is 26.8. The second kappa shape index (κ2) is 16.3. The van der Waals surface area contributed by atoms with Crippen molar-refractivity contribution in [2.75, 3.05) is 23.1 Å². The molecule has 14 nitrogen and oxygen atoms in total. The summed E-state index contributed by atoms with van der Waals surface area (Å²) in [5.41, 5.74) is -1.62. The molecule has 2 aromatic carbocycles. The predicted octanol–water partition coefficient (Wildman–Crippen LogP) is 7.25. The zero-order valence-electron chi connectivity index (χ0n) is 23.3. The molecule has 0 N–H and O–H groups in total. The largest absolute Gasteiger partial charge is 0.295 e. The standard InChI is InChI=1S/C26H36N6O8S/c1-3-5-7-9-11-17-29(27-33)23-15-13-21(19-25(23)31(35)36)41(39,40)22-14-16-24(26(20-22)32(37)38)30(28-34)18-12-10-8-6-4-2/h13-16,19-20H,3-12,17-18H2,1-2H3. The first-order valence-corrected chi connectivity index (χ1v) is 15.1. The number of nitrogens with zero attached hydrogens (tertiary/aromatic N) is 6. The molecule has 0 aromatic heterocycles. The lowest BCUT2D eigenvalue weighted by atomic mass is 10.1. The molecule has 0 atom stereocenters. The summed E-state index contributed by atoms with van der Waals surface area (Å²) in [7, 11) is -4.47. The number of anilines is 2. The molecule has 0 amide bonds. The minimum absolute atomic E-state index is 0.119. The zero-order chi connectivity index (χ0) is 30.4. The Kier molecular flexibility index (Phi) is 13.2. The van der Waals surface area contributed by atoms with Gasteiger partial charge in [0.1, 0.15) is 11.4 Å². The van der Waals surface area contributed by atoms with Gasteiger partial charge < -0.3 is 0 Å². The Bertz CT molecular complexity index is 1230. The highest BCUT2D eigenvalue weighted by Gasteiger charge is 2.29. The molecule has 2 aromatic rings. The molecule has 0 aliphatic heterocycles. The van der Waals surface area contributed by atoms with Crippen molar-refractivity contribution in [1.29, 1.82) is 0 Å². The van der Waals surface area contributed by atoms with E-state index in [1.54, 1.807) is 0 Å². The summed E-state index contributed by atoms with van der Waals surface area (Å²) in [6.45, 7) is 4.35. The Morgan fingerprint density at radius 1 is 0.659 bits per heavy atom. The average molecular weight is 593 g/mol. The van der Waals surface area contributed by atoms with E-state index in [0.717, 1.165) is 97.8 Å². The van der Waals surface area contributed by atoms with Crippen molar-refractivity contribution < 1.29 is 18.3 Å². The fraction of sp³-hybridized carbons (Fsp3) is 0.538. The second-order valence-electron chi connectivity index (χ2n) is 9.56. The third kappa shape index (κ3) is 8.99. The Hall–Kier alpha value is -4.01. The van der Waals surface area contributed by atoms with Crippen molar-refractivity contribution in [3.05, 3.63) is 66.4 Å². The third-order valence-corrected chi connectivity index (χ3v) is 8.36. The molecule has 2 rings (SSSR count). The number of hydrogen-bond acceptors (Lipinski definition) is 10. The van der Waals surface area contributed by atoms with Crippen LogP contribution in [-0.4, -0.2) is 31.4 Å². The van der Waals surface area contributed by atoms with Crippen LogP contribution in [0.25, 0.3) is 0 Å². The molecule has 0 saturated carbocycles. The maximum atomic E-state index is 13.4. The number of nitro benzene ring substituents is 2. The molecule has 0 aliphatic carbocycles. The van der Waals surface area contributed by atoms with E-state index in [-0.39, 0.29) is 24.5 Å². The van der Waals surface area contributed by atoms with Crippen LogP contribution in [0.15, 0.2) is 56.8 Å². The van der Waals surface area contributed by atoms with Crippen LogP contribution in [0, 0.1) is 30.0 Å². The lowest BCUT2D eigenvalue weighted by Gasteiger charge is -2.17.